The summed E-state index contributed by atoms with van der Waals surface area (Å²) in [5.74, 6) is 1.03. The smallest absolute Gasteiger partial charge is 0.125 e. The molecule has 104 valence electrons. The minimum Gasteiger partial charge on any atom is -0.485 e. The number of para-hydroxylation sites is 1. The van der Waals surface area contributed by atoms with Gasteiger partial charge in [0.1, 0.15) is 11.9 Å². The molecule has 2 aromatic rings. The Bertz CT molecular complexity index is 552. The zero-order valence-electron chi connectivity index (χ0n) is 12.0. The van der Waals surface area contributed by atoms with Gasteiger partial charge in [0.25, 0.3) is 0 Å². The van der Waals surface area contributed by atoms with E-state index in [2.05, 4.69) is 66.4 Å². The van der Waals surface area contributed by atoms with Crippen molar-refractivity contribution in [3.8, 4) is 5.75 Å². The molecule has 1 aliphatic rings. The first-order chi connectivity index (χ1) is 9.86. The highest BCUT2D eigenvalue weighted by atomic mass is 16.5. The largest absolute Gasteiger partial charge is 0.485 e. The molecular formula is C18H21NO. The van der Waals surface area contributed by atoms with Crippen LogP contribution in [-0.4, -0.2) is 18.0 Å². The third-order valence-corrected chi connectivity index (χ3v) is 3.96. The van der Waals surface area contributed by atoms with Crippen LogP contribution in [-0.2, 0) is 6.54 Å². The van der Waals surface area contributed by atoms with E-state index in [0.29, 0.717) is 0 Å². The Morgan fingerprint density at radius 1 is 1.05 bits per heavy atom. The van der Waals surface area contributed by atoms with Gasteiger partial charge in [0, 0.05) is 25.1 Å². The molecule has 0 N–H and O–H groups in total. The number of hydrogen-bond donors (Lipinski definition) is 0. The van der Waals surface area contributed by atoms with Crippen LogP contribution in [0.15, 0.2) is 54.6 Å². The van der Waals surface area contributed by atoms with E-state index in [-0.39, 0.29) is 6.10 Å². The number of benzene rings is 2. The van der Waals surface area contributed by atoms with Gasteiger partial charge in [0.2, 0.25) is 0 Å². The Morgan fingerprint density at radius 3 is 2.60 bits per heavy atom. The van der Waals surface area contributed by atoms with Gasteiger partial charge in [-0.3, -0.25) is 4.90 Å². The van der Waals surface area contributed by atoms with Crippen molar-refractivity contribution in [1.82, 2.24) is 4.90 Å². The molecule has 1 heterocycles. The van der Waals surface area contributed by atoms with E-state index in [9.17, 15) is 0 Å². The molecule has 0 aromatic heterocycles. The van der Waals surface area contributed by atoms with Crippen molar-refractivity contribution in [1.29, 1.82) is 0 Å². The molecule has 0 spiro atoms. The minimum atomic E-state index is 0.145. The molecule has 0 bridgehead atoms. The Labute approximate surface area is 121 Å². The highest BCUT2D eigenvalue weighted by Gasteiger charge is 2.20. The Kier molecular flexibility index (Phi) is 4.03. The second kappa shape index (κ2) is 6.10. The van der Waals surface area contributed by atoms with Crippen molar-refractivity contribution >= 4 is 0 Å². The molecule has 0 saturated heterocycles. The van der Waals surface area contributed by atoms with Gasteiger partial charge < -0.3 is 4.74 Å². The lowest BCUT2D eigenvalue weighted by atomic mass is 10.0. The fraction of sp³-hybridized carbons (Fsp3) is 0.333. The summed E-state index contributed by atoms with van der Waals surface area (Å²) in [6.07, 6.45) is 1.18. The Hall–Kier alpha value is -1.80. The monoisotopic (exact) mass is 267 g/mol. The summed E-state index contributed by atoms with van der Waals surface area (Å²) in [6.45, 7) is 5.36. The van der Waals surface area contributed by atoms with Crippen molar-refractivity contribution < 1.29 is 4.74 Å². The van der Waals surface area contributed by atoms with E-state index < -0.39 is 0 Å². The Morgan fingerprint density at radius 2 is 1.80 bits per heavy atom. The Balaban J connectivity index is 1.92. The van der Waals surface area contributed by atoms with Crippen LogP contribution in [0.4, 0.5) is 0 Å². The topological polar surface area (TPSA) is 12.5 Å². The van der Waals surface area contributed by atoms with Crippen molar-refractivity contribution in [2.75, 3.05) is 13.1 Å². The van der Waals surface area contributed by atoms with Crippen LogP contribution in [0.1, 0.15) is 30.6 Å². The van der Waals surface area contributed by atoms with Gasteiger partial charge in [-0.05, 0) is 18.2 Å². The minimum absolute atomic E-state index is 0.145. The van der Waals surface area contributed by atoms with Gasteiger partial charge in [0.15, 0.2) is 0 Å². The highest BCUT2D eigenvalue weighted by molar-refractivity contribution is 5.34. The summed E-state index contributed by atoms with van der Waals surface area (Å²) in [4.78, 5) is 2.48. The van der Waals surface area contributed by atoms with E-state index in [1.165, 1.54) is 11.1 Å². The molecule has 20 heavy (non-hydrogen) atoms. The molecule has 1 aliphatic heterocycles. The molecule has 1 unspecified atom stereocenters. The van der Waals surface area contributed by atoms with Gasteiger partial charge in [-0.2, -0.15) is 0 Å². The molecular weight excluding hydrogens is 246 g/mol. The number of rotatable bonds is 2. The van der Waals surface area contributed by atoms with E-state index in [0.717, 1.165) is 31.8 Å². The second-order valence-electron chi connectivity index (χ2n) is 5.28. The predicted molar refractivity (Wildman–Crippen MR) is 81.8 cm³/mol. The van der Waals surface area contributed by atoms with Crippen LogP contribution >= 0.6 is 0 Å². The van der Waals surface area contributed by atoms with Gasteiger partial charge in [-0.15, -0.1) is 0 Å². The van der Waals surface area contributed by atoms with Crippen LogP contribution in [0.25, 0.3) is 0 Å². The molecule has 0 aliphatic carbocycles. The quantitative estimate of drug-likeness (QED) is 0.814. The molecule has 3 rings (SSSR count). The van der Waals surface area contributed by atoms with E-state index in [1.807, 2.05) is 0 Å². The third kappa shape index (κ3) is 2.86. The molecule has 0 amide bonds. The third-order valence-electron chi connectivity index (χ3n) is 3.96. The van der Waals surface area contributed by atoms with Crippen LogP contribution in [0.2, 0.25) is 0 Å². The molecule has 0 radical (unpaired) electrons. The SMILES string of the molecule is CCN1CCC(c2ccccc2)Oc2ccccc2C1. The lowest BCUT2D eigenvalue weighted by molar-refractivity contribution is 0.144. The first-order valence-electron chi connectivity index (χ1n) is 7.38. The number of fused-ring (bicyclic) bond motifs is 1. The summed E-state index contributed by atoms with van der Waals surface area (Å²) in [5, 5.41) is 0. The van der Waals surface area contributed by atoms with Crippen LogP contribution in [0.5, 0.6) is 5.75 Å². The van der Waals surface area contributed by atoms with Crippen molar-refractivity contribution in [3.05, 3.63) is 65.7 Å². The summed E-state index contributed by atoms with van der Waals surface area (Å²) in [5.41, 5.74) is 2.55. The van der Waals surface area contributed by atoms with Gasteiger partial charge >= 0.3 is 0 Å². The second-order valence-corrected chi connectivity index (χ2v) is 5.28. The number of nitrogens with zero attached hydrogens (tertiary/aromatic N) is 1. The average molecular weight is 267 g/mol. The maximum atomic E-state index is 6.29. The van der Waals surface area contributed by atoms with Crippen molar-refractivity contribution in [2.45, 2.75) is 26.0 Å². The van der Waals surface area contributed by atoms with E-state index >= 15 is 0 Å². The maximum absolute atomic E-state index is 6.29. The first-order valence-corrected chi connectivity index (χ1v) is 7.38. The zero-order chi connectivity index (χ0) is 13.8. The maximum Gasteiger partial charge on any atom is 0.125 e. The molecule has 2 aromatic carbocycles. The standard InChI is InChI=1S/C18H21NO/c1-2-19-13-12-18(15-8-4-3-5-9-15)20-17-11-7-6-10-16(17)14-19/h3-11,18H,2,12-14H2,1H3. The summed E-state index contributed by atoms with van der Waals surface area (Å²) < 4.78 is 6.29. The van der Waals surface area contributed by atoms with Gasteiger partial charge in [-0.1, -0.05) is 55.5 Å². The zero-order valence-corrected chi connectivity index (χ0v) is 12.0. The lowest BCUT2D eigenvalue weighted by Crippen LogP contribution is -2.28. The lowest BCUT2D eigenvalue weighted by Gasteiger charge is -2.30. The van der Waals surface area contributed by atoms with Crippen molar-refractivity contribution in [3.63, 3.8) is 0 Å². The average Bonchev–Trinajstić information content (AvgIpc) is 2.49. The van der Waals surface area contributed by atoms with Crippen LogP contribution < -0.4 is 4.74 Å². The highest BCUT2D eigenvalue weighted by Crippen LogP contribution is 2.30. The van der Waals surface area contributed by atoms with Crippen LogP contribution in [0, 0.1) is 0 Å². The van der Waals surface area contributed by atoms with E-state index in [1.54, 1.807) is 0 Å². The van der Waals surface area contributed by atoms with Gasteiger partial charge in [0.05, 0.1) is 0 Å². The fourth-order valence-corrected chi connectivity index (χ4v) is 2.75. The fourth-order valence-electron chi connectivity index (χ4n) is 2.75. The van der Waals surface area contributed by atoms with Crippen molar-refractivity contribution in [2.24, 2.45) is 0 Å². The van der Waals surface area contributed by atoms with Crippen LogP contribution in [0.3, 0.4) is 0 Å². The number of ether oxygens (including phenoxy) is 1. The number of hydrogen-bond acceptors (Lipinski definition) is 2. The van der Waals surface area contributed by atoms with Gasteiger partial charge in [-0.25, -0.2) is 0 Å². The molecule has 2 heteroatoms. The molecule has 2 nitrogen and oxygen atoms in total. The summed E-state index contributed by atoms with van der Waals surface area (Å²) >= 11 is 0. The normalized spacial score (nSPS) is 19.6. The predicted octanol–water partition coefficient (Wildman–Crippen LogP) is 4.03. The van der Waals surface area contributed by atoms with E-state index in [4.69, 9.17) is 4.74 Å². The molecule has 0 saturated carbocycles. The molecule has 0 fully saturated rings. The summed E-state index contributed by atoms with van der Waals surface area (Å²) in [7, 11) is 0. The first kappa shape index (κ1) is 13.2. The molecule has 1 atom stereocenters. The summed E-state index contributed by atoms with van der Waals surface area (Å²) in [6, 6.07) is 18.9.